The fourth-order valence-corrected chi connectivity index (χ4v) is 4.54. The van der Waals surface area contributed by atoms with Gasteiger partial charge in [0.1, 0.15) is 0 Å². The van der Waals surface area contributed by atoms with Crippen molar-refractivity contribution in [1.82, 2.24) is 5.32 Å². The predicted molar refractivity (Wildman–Crippen MR) is 117 cm³/mol. The Hall–Kier alpha value is -2.87. The lowest BCUT2D eigenvalue weighted by Gasteiger charge is -2.19. The quantitative estimate of drug-likeness (QED) is 0.705. The Morgan fingerprint density at radius 2 is 1.93 bits per heavy atom. The molecule has 0 aliphatic carbocycles. The van der Waals surface area contributed by atoms with Crippen LogP contribution in [-0.4, -0.2) is 32.8 Å². The summed E-state index contributed by atoms with van der Waals surface area (Å²) in [6.45, 7) is 6.28. The number of anilines is 2. The van der Waals surface area contributed by atoms with Crippen LogP contribution in [0.15, 0.2) is 47.4 Å². The minimum Gasteiger partial charge on any atom is -0.350 e. The van der Waals surface area contributed by atoms with Crippen molar-refractivity contribution in [2.45, 2.75) is 51.0 Å². The van der Waals surface area contributed by atoms with Crippen molar-refractivity contribution >= 4 is 33.2 Å². The molecule has 1 saturated heterocycles. The first-order valence-corrected chi connectivity index (χ1v) is 11.5. The molecule has 7 nitrogen and oxygen atoms in total. The van der Waals surface area contributed by atoms with Crippen LogP contribution in [0.2, 0.25) is 0 Å². The molecule has 1 fully saturated rings. The number of benzene rings is 2. The molecule has 8 heteroatoms. The highest BCUT2D eigenvalue weighted by Gasteiger charge is 2.25. The molecule has 1 aliphatic rings. The maximum Gasteiger partial charge on any atom is 0.261 e. The summed E-state index contributed by atoms with van der Waals surface area (Å²) in [7, 11) is -3.91. The standard InChI is InChI=1S/C22H27N3O4S/c1-4-16(3)23-22(27)18-8-5-6-9-19(18)24-30(28,29)17-11-12-20(15(2)14-17)25-13-7-10-21(25)26/h5-6,8-9,11-12,14,16,24H,4,7,10,13H2,1-3H3,(H,23,27)/t16-/m0/s1. The van der Waals surface area contributed by atoms with E-state index >= 15 is 0 Å². The first-order valence-electron chi connectivity index (χ1n) is 10.1. The van der Waals surface area contributed by atoms with Gasteiger partial charge in [0.05, 0.1) is 16.1 Å². The molecular formula is C22H27N3O4S. The van der Waals surface area contributed by atoms with E-state index in [1.165, 1.54) is 6.07 Å². The number of amides is 2. The summed E-state index contributed by atoms with van der Waals surface area (Å²) in [5.41, 5.74) is 1.91. The van der Waals surface area contributed by atoms with Crippen LogP contribution >= 0.6 is 0 Å². The monoisotopic (exact) mass is 429 g/mol. The molecule has 1 atom stereocenters. The lowest BCUT2D eigenvalue weighted by molar-refractivity contribution is -0.117. The molecule has 1 aliphatic heterocycles. The van der Waals surface area contributed by atoms with Crippen molar-refractivity contribution in [2.75, 3.05) is 16.2 Å². The van der Waals surface area contributed by atoms with E-state index in [4.69, 9.17) is 0 Å². The normalized spacial score (nSPS) is 15.2. The van der Waals surface area contributed by atoms with Gasteiger partial charge in [0.2, 0.25) is 5.91 Å². The Morgan fingerprint density at radius 3 is 2.57 bits per heavy atom. The van der Waals surface area contributed by atoms with Gasteiger partial charge in [0, 0.05) is 24.7 Å². The molecule has 160 valence electrons. The molecule has 0 unspecified atom stereocenters. The Labute approximate surface area is 177 Å². The van der Waals surface area contributed by atoms with Gasteiger partial charge in [0.25, 0.3) is 15.9 Å². The van der Waals surface area contributed by atoms with E-state index in [1.807, 2.05) is 13.8 Å². The first kappa shape index (κ1) is 21.8. The zero-order chi connectivity index (χ0) is 21.9. The number of hydrogen-bond acceptors (Lipinski definition) is 4. The summed E-state index contributed by atoms with van der Waals surface area (Å²) in [5, 5.41) is 2.85. The summed E-state index contributed by atoms with van der Waals surface area (Å²) in [6, 6.07) is 11.2. The highest BCUT2D eigenvalue weighted by molar-refractivity contribution is 7.92. The van der Waals surface area contributed by atoms with Crippen LogP contribution in [0.25, 0.3) is 0 Å². The molecule has 2 N–H and O–H groups in total. The SMILES string of the molecule is CC[C@H](C)NC(=O)c1ccccc1NS(=O)(=O)c1ccc(N2CCCC2=O)c(C)c1. The molecule has 0 bridgehead atoms. The van der Waals surface area contributed by atoms with E-state index in [1.54, 1.807) is 48.2 Å². The zero-order valence-electron chi connectivity index (χ0n) is 17.4. The number of sulfonamides is 1. The predicted octanol–water partition coefficient (Wildman–Crippen LogP) is 3.45. The van der Waals surface area contributed by atoms with Crippen molar-refractivity contribution < 1.29 is 18.0 Å². The van der Waals surface area contributed by atoms with Gasteiger partial charge in [-0.3, -0.25) is 14.3 Å². The highest BCUT2D eigenvalue weighted by Crippen LogP contribution is 2.28. The lowest BCUT2D eigenvalue weighted by Crippen LogP contribution is -2.32. The molecule has 0 aromatic heterocycles. The Kier molecular flexibility index (Phi) is 6.45. The number of para-hydroxylation sites is 1. The lowest BCUT2D eigenvalue weighted by atomic mass is 10.1. The summed E-state index contributed by atoms with van der Waals surface area (Å²) in [4.78, 5) is 26.3. The van der Waals surface area contributed by atoms with Crippen molar-refractivity contribution in [3.8, 4) is 0 Å². The third kappa shape index (κ3) is 4.64. The smallest absolute Gasteiger partial charge is 0.261 e. The van der Waals surface area contributed by atoms with Crippen molar-refractivity contribution in [2.24, 2.45) is 0 Å². The van der Waals surface area contributed by atoms with Gasteiger partial charge in [-0.1, -0.05) is 19.1 Å². The summed E-state index contributed by atoms with van der Waals surface area (Å²) < 4.78 is 28.5. The molecule has 3 rings (SSSR count). The van der Waals surface area contributed by atoms with Gasteiger partial charge < -0.3 is 10.2 Å². The van der Waals surface area contributed by atoms with Crippen LogP contribution in [0.4, 0.5) is 11.4 Å². The molecule has 2 aromatic carbocycles. The molecule has 0 radical (unpaired) electrons. The van der Waals surface area contributed by atoms with E-state index in [9.17, 15) is 18.0 Å². The minimum absolute atomic E-state index is 0.0225. The van der Waals surface area contributed by atoms with E-state index < -0.39 is 10.0 Å². The molecular weight excluding hydrogens is 402 g/mol. The van der Waals surface area contributed by atoms with Crippen molar-refractivity contribution in [1.29, 1.82) is 0 Å². The maximum atomic E-state index is 13.0. The Bertz CT molecular complexity index is 1070. The molecule has 30 heavy (non-hydrogen) atoms. The fraction of sp³-hybridized carbons (Fsp3) is 0.364. The van der Waals surface area contributed by atoms with E-state index in [2.05, 4.69) is 10.0 Å². The molecule has 2 amide bonds. The average molecular weight is 430 g/mol. The van der Waals surface area contributed by atoms with Gasteiger partial charge in [-0.25, -0.2) is 8.42 Å². The second-order valence-electron chi connectivity index (χ2n) is 7.53. The van der Waals surface area contributed by atoms with E-state index in [0.29, 0.717) is 18.5 Å². The molecule has 0 spiro atoms. The summed E-state index contributed by atoms with van der Waals surface area (Å²) in [5.74, 6) is -0.283. The van der Waals surface area contributed by atoms with Crippen LogP contribution < -0.4 is 14.9 Å². The minimum atomic E-state index is -3.91. The molecule has 2 aromatic rings. The van der Waals surface area contributed by atoms with Crippen LogP contribution in [-0.2, 0) is 14.8 Å². The molecule has 0 saturated carbocycles. The number of carbonyl (C=O) groups is 2. The van der Waals surface area contributed by atoms with Gasteiger partial charge in [-0.2, -0.15) is 0 Å². The van der Waals surface area contributed by atoms with Gasteiger partial charge in [-0.05, 0) is 62.6 Å². The van der Waals surface area contributed by atoms with Gasteiger partial charge in [-0.15, -0.1) is 0 Å². The van der Waals surface area contributed by atoms with Gasteiger partial charge in [0.15, 0.2) is 0 Å². The number of rotatable bonds is 7. The number of aryl methyl sites for hydroxylation is 1. The fourth-order valence-electron chi connectivity index (χ4n) is 3.38. The van der Waals surface area contributed by atoms with Crippen LogP contribution in [0.1, 0.15) is 49.0 Å². The van der Waals surface area contributed by atoms with Crippen molar-refractivity contribution in [3.05, 3.63) is 53.6 Å². The van der Waals surface area contributed by atoms with Gasteiger partial charge >= 0.3 is 0 Å². The summed E-state index contributed by atoms with van der Waals surface area (Å²) in [6.07, 6.45) is 2.08. The number of nitrogens with zero attached hydrogens (tertiary/aromatic N) is 1. The van der Waals surface area contributed by atoms with Crippen LogP contribution in [0, 0.1) is 6.92 Å². The number of nitrogens with one attached hydrogen (secondary N) is 2. The topological polar surface area (TPSA) is 95.6 Å². The Morgan fingerprint density at radius 1 is 1.20 bits per heavy atom. The zero-order valence-corrected chi connectivity index (χ0v) is 18.3. The van der Waals surface area contributed by atoms with Crippen LogP contribution in [0.5, 0.6) is 0 Å². The Balaban J connectivity index is 1.86. The third-order valence-electron chi connectivity index (χ3n) is 5.25. The second kappa shape index (κ2) is 8.87. The van der Waals surface area contributed by atoms with E-state index in [-0.39, 0.29) is 34.0 Å². The molecule has 1 heterocycles. The first-order chi connectivity index (χ1) is 14.2. The second-order valence-corrected chi connectivity index (χ2v) is 9.21. The number of carbonyl (C=O) groups excluding carboxylic acids is 2. The van der Waals surface area contributed by atoms with E-state index in [0.717, 1.165) is 18.5 Å². The number of hydrogen-bond donors (Lipinski definition) is 2. The largest absolute Gasteiger partial charge is 0.350 e. The average Bonchev–Trinajstić information content (AvgIpc) is 3.13. The maximum absolute atomic E-state index is 13.0. The van der Waals surface area contributed by atoms with Crippen LogP contribution in [0.3, 0.4) is 0 Å². The summed E-state index contributed by atoms with van der Waals surface area (Å²) >= 11 is 0. The highest BCUT2D eigenvalue weighted by atomic mass is 32.2. The van der Waals surface area contributed by atoms with Crippen molar-refractivity contribution in [3.63, 3.8) is 0 Å². The third-order valence-corrected chi connectivity index (χ3v) is 6.61.